The summed E-state index contributed by atoms with van der Waals surface area (Å²) in [6.45, 7) is 0. The molecular weight excluding hydrogens is 292 g/mol. The highest BCUT2D eigenvalue weighted by molar-refractivity contribution is 5.55. The van der Waals surface area contributed by atoms with Gasteiger partial charge in [0.1, 0.15) is 28.7 Å². The summed E-state index contributed by atoms with van der Waals surface area (Å²) in [4.78, 5) is 0. The highest BCUT2D eigenvalue weighted by Gasteiger charge is 2.04. The summed E-state index contributed by atoms with van der Waals surface area (Å²) in [5.74, 6) is 2.37. The molecule has 0 aliphatic heterocycles. The second-order valence-corrected chi connectivity index (χ2v) is 4.97. The number of phenolic OH excluding ortho intramolecular Hbond substituents is 1. The van der Waals surface area contributed by atoms with Crippen LogP contribution in [0.15, 0.2) is 66.7 Å². The minimum Gasteiger partial charge on any atom is -0.506 e. The van der Waals surface area contributed by atoms with Gasteiger partial charge in [-0.3, -0.25) is 0 Å². The summed E-state index contributed by atoms with van der Waals surface area (Å²) in [5, 5.41) is 9.61. The lowest BCUT2D eigenvalue weighted by Gasteiger charge is -2.10. The Labute approximate surface area is 133 Å². The van der Waals surface area contributed by atoms with Crippen LogP contribution in [0.5, 0.6) is 28.7 Å². The van der Waals surface area contributed by atoms with Crippen molar-refractivity contribution in [3.05, 3.63) is 66.7 Å². The Morgan fingerprint density at radius 2 is 1.22 bits per heavy atom. The van der Waals surface area contributed by atoms with Crippen molar-refractivity contribution in [2.75, 3.05) is 11.5 Å². The number of nitrogens with two attached hydrogens (primary N) is 2. The zero-order valence-corrected chi connectivity index (χ0v) is 12.3. The molecular formula is C18H16N2O3. The van der Waals surface area contributed by atoms with Crippen molar-refractivity contribution in [2.24, 2.45) is 0 Å². The number of hydrogen-bond acceptors (Lipinski definition) is 5. The van der Waals surface area contributed by atoms with Crippen molar-refractivity contribution in [2.45, 2.75) is 0 Å². The molecule has 3 aromatic rings. The van der Waals surface area contributed by atoms with E-state index in [9.17, 15) is 5.11 Å². The third-order valence-electron chi connectivity index (χ3n) is 3.16. The summed E-state index contributed by atoms with van der Waals surface area (Å²) in [6.07, 6.45) is 0. The van der Waals surface area contributed by atoms with Gasteiger partial charge < -0.3 is 26.0 Å². The van der Waals surface area contributed by atoms with Gasteiger partial charge in [-0.05, 0) is 48.5 Å². The Morgan fingerprint density at radius 3 is 1.87 bits per heavy atom. The summed E-state index contributed by atoms with van der Waals surface area (Å²) < 4.78 is 11.4. The zero-order valence-electron chi connectivity index (χ0n) is 12.3. The van der Waals surface area contributed by atoms with E-state index in [-0.39, 0.29) is 5.75 Å². The fraction of sp³-hybridized carbons (Fsp3) is 0. The molecule has 5 N–H and O–H groups in total. The number of phenols is 1. The topological polar surface area (TPSA) is 90.7 Å². The maximum Gasteiger partial charge on any atom is 0.142 e. The normalized spacial score (nSPS) is 10.3. The van der Waals surface area contributed by atoms with Gasteiger partial charge in [0.2, 0.25) is 0 Å². The number of benzene rings is 3. The fourth-order valence-corrected chi connectivity index (χ4v) is 2.00. The minimum atomic E-state index is -0.0169. The van der Waals surface area contributed by atoms with Gasteiger partial charge in [-0.2, -0.15) is 0 Å². The highest BCUT2D eigenvalue weighted by atomic mass is 16.5. The van der Waals surface area contributed by atoms with Crippen LogP contribution in [0, 0.1) is 0 Å². The van der Waals surface area contributed by atoms with Gasteiger partial charge >= 0.3 is 0 Å². The highest BCUT2D eigenvalue weighted by Crippen LogP contribution is 2.31. The van der Waals surface area contributed by atoms with E-state index >= 15 is 0 Å². The van der Waals surface area contributed by atoms with E-state index in [1.54, 1.807) is 48.5 Å². The van der Waals surface area contributed by atoms with Crippen molar-refractivity contribution in [1.29, 1.82) is 0 Å². The maximum atomic E-state index is 9.61. The molecule has 3 rings (SSSR count). The second kappa shape index (κ2) is 6.19. The van der Waals surface area contributed by atoms with Crippen LogP contribution in [0.25, 0.3) is 0 Å². The molecule has 0 aliphatic carbocycles. The van der Waals surface area contributed by atoms with E-state index < -0.39 is 0 Å². The molecule has 0 saturated carbocycles. The third kappa shape index (κ3) is 3.65. The number of hydrogen-bond donors (Lipinski definition) is 3. The van der Waals surface area contributed by atoms with Gasteiger partial charge in [-0.15, -0.1) is 0 Å². The minimum absolute atomic E-state index is 0.0169. The zero-order chi connectivity index (χ0) is 16.2. The summed E-state index contributed by atoms with van der Waals surface area (Å²) in [7, 11) is 0. The molecule has 0 saturated heterocycles. The fourth-order valence-electron chi connectivity index (χ4n) is 2.00. The van der Waals surface area contributed by atoms with Crippen LogP contribution in [0.4, 0.5) is 11.4 Å². The molecule has 0 bridgehead atoms. The third-order valence-corrected chi connectivity index (χ3v) is 3.16. The first-order chi connectivity index (χ1) is 11.1. The van der Waals surface area contributed by atoms with Crippen LogP contribution in [0.2, 0.25) is 0 Å². The van der Waals surface area contributed by atoms with Crippen molar-refractivity contribution in [1.82, 2.24) is 0 Å². The molecule has 116 valence electrons. The van der Waals surface area contributed by atoms with Crippen LogP contribution < -0.4 is 20.9 Å². The first kappa shape index (κ1) is 14.6. The van der Waals surface area contributed by atoms with Crippen molar-refractivity contribution < 1.29 is 14.6 Å². The average Bonchev–Trinajstić information content (AvgIpc) is 2.54. The standard InChI is InChI=1S/C18H16N2O3/c19-12-4-6-13(7-5-12)22-14-2-1-3-15(10-14)23-16-8-9-17(20)18(21)11-16/h1-11,21H,19-20H2. The van der Waals surface area contributed by atoms with Gasteiger partial charge in [0.15, 0.2) is 0 Å². The van der Waals surface area contributed by atoms with Crippen molar-refractivity contribution in [3.8, 4) is 28.7 Å². The van der Waals surface area contributed by atoms with E-state index in [1.807, 2.05) is 12.1 Å². The van der Waals surface area contributed by atoms with E-state index in [1.165, 1.54) is 6.07 Å². The lowest BCUT2D eigenvalue weighted by atomic mass is 10.2. The Morgan fingerprint density at radius 1 is 0.652 bits per heavy atom. The number of aromatic hydroxyl groups is 1. The lowest BCUT2D eigenvalue weighted by molar-refractivity contribution is 0.450. The Hall–Kier alpha value is -3.34. The van der Waals surface area contributed by atoms with E-state index in [2.05, 4.69) is 0 Å². The molecule has 0 atom stereocenters. The first-order valence-corrected chi connectivity index (χ1v) is 7.00. The summed E-state index contributed by atoms with van der Waals surface area (Å²) in [5.41, 5.74) is 12.2. The summed E-state index contributed by atoms with van der Waals surface area (Å²) in [6, 6.07) is 19.0. The van der Waals surface area contributed by atoms with Crippen LogP contribution in [-0.2, 0) is 0 Å². The molecule has 0 unspecified atom stereocenters. The van der Waals surface area contributed by atoms with Gasteiger partial charge in [-0.1, -0.05) is 6.07 Å². The number of rotatable bonds is 4. The predicted octanol–water partition coefficient (Wildman–Crippen LogP) is 4.14. The van der Waals surface area contributed by atoms with E-state index in [0.717, 1.165) is 0 Å². The number of ether oxygens (including phenoxy) is 2. The van der Waals surface area contributed by atoms with E-state index in [0.29, 0.717) is 34.4 Å². The van der Waals surface area contributed by atoms with Crippen LogP contribution in [0.1, 0.15) is 0 Å². The molecule has 0 spiro atoms. The quantitative estimate of drug-likeness (QED) is 0.497. The smallest absolute Gasteiger partial charge is 0.142 e. The molecule has 5 heteroatoms. The molecule has 0 aromatic heterocycles. The summed E-state index contributed by atoms with van der Waals surface area (Å²) >= 11 is 0. The maximum absolute atomic E-state index is 9.61. The van der Waals surface area contributed by atoms with Crippen molar-refractivity contribution >= 4 is 11.4 Å². The molecule has 0 heterocycles. The SMILES string of the molecule is Nc1ccc(Oc2cccc(Oc3ccc(N)c(O)c3)c2)cc1. The second-order valence-electron chi connectivity index (χ2n) is 4.97. The van der Waals surface area contributed by atoms with Gasteiger partial charge in [0.25, 0.3) is 0 Å². The Balaban J connectivity index is 1.76. The van der Waals surface area contributed by atoms with Crippen LogP contribution in [-0.4, -0.2) is 5.11 Å². The first-order valence-electron chi connectivity index (χ1n) is 7.00. The molecule has 0 fully saturated rings. The monoisotopic (exact) mass is 308 g/mol. The molecule has 0 aliphatic rings. The number of nitrogen functional groups attached to an aromatic ring is 2. The molecule has 0 amide bonds. The lowest BCUT2D eigenvalue weighted by Crippen LogP contribution is -1.89. The largest absolute Gasteiger partial charge is 0.506 e. The van der Waals surface area contributed by atoms with Crippen LogP contribution in [0.3, 0.4) is 0 Å². The molecule has 0 radical (unpaired) electrons. The molecule has 3 aromatic carbocycles. The van der Waals surface area contributed by atoms with E-state index in [4.69, 9.17) is 20.9 Å². The average molecular weight is 308 g/mol. The Bertz CT molecular complexity index is 817. The van der Waals surface area contributed by atoms with Gasteiger partial charge in [0.05, 0.1) is 5.69 Å². The predicted molar refractivity (Wildman–Crippen MR) is 90.0 cm³/mol. The Kier molecular flexibility index (Phi) is 3.93. The van der Waals surface area contributed by atoms with Gasteiger partial charge in [-0.25, -0.2) is 0 Å². The van der Waals surface area contributed by atoms with Gasteiger partial charge in [0, 0.05) is 17.8 Å². The molecule has 5 nitrogen and oxygen atoms in total. The van der Waals surface area contributed by atoms with Crippen LogP contribution >= 0.6 is 0 Å². The van der Waals surface area contributed by atoms with Crippen molar-refractivity contribution in [3.63, 3.8) is 0 Å². The molecule has 23 heavy (non-hydrogen) atoms. The number of anilines is 2.